The van der Waals surface area contributed by atoms with Gasteiger partial charge in [0.15, 0.2) is 0 Å². The van der Waals surface area contributed by atoms with Gasteiger partial charge in [-0.25, -0.2) is 4.79 Å². The zero-order valence-electron chi connectivity index (χ0n) is 8.86. The van der Waals surface area contributed by atoms with Crippen LogP contribution < -0.4 is 5.73 Å². The predicted molar refractivity (Wildman–Crippen MR) is 54.1 cm³/mol. The minimum absolute atomic E-state index is 0.0118. The first kappa shape index (κ1) is 9.82. The number of aromatic nitrogens is 1. The maximum absolute atomic E-state index is 11.7. The Bertz CT molecular complexity index is 385. The molecule has 2 heterocycles. The van der Waals surface area contributed by atoms with E-state index in [1.165, 1.54) is 0 Å². The Morgan fingerprint density at radius 3 is 3.00 bits per heavy atom. The van der Waals surface area contributed by atoms with E-state index in [1.807, 2.05) is 0 Å². The van der Waals surface area contributed by atoms with Gasteiger partial charge >= 0.3 is 6.03 Å². The van der Waals surface area contributed by atoms with E-state index < -0.39 is 0 Å². The number of nitrogen functional groups attached to an aromatic ring is 1. The number of carbonyl (C=O) groups excluding carboxylic acids is 1. The minimum atomic E-state index is -0.0118. The third-order valence-corrected chi connectivity index (χ3v) is 2.53. The molecule has 1 aromatic heterocycles. The molecular weight excluding hydrogens is 196 g/mol. The lowest BCUT2D eigenvalue weighted by atomic mass is 10.1. The lowest BCUT2D eigenvalue weighted by molar-refractivity contribution is 0.164. The zero-order chi connectivity index (χ0) is 11.0. The van der Waals surface area contributed by atoms with Crippen LogP contribution in [0.15, 0.2) is 4.52 Å². The van der Waals surface area contributed by atoms with Gasteiger partial charge in [-0.1, -0.05) is 5.16 Å². The number of nitrogens with two attached hydrogens (primary N) is 1. The summed E-state index contributed by atoms with van der Waals surface area (Å²) in [5.74, 6) is 0.377. The highest BCUT2D eigenvalue weighted by molar-refractivity contribution is 5.74. The fourth-order valence-corrected chi connectivity index (χ4v) is 1.70. The lowest BCUT2D eigenvalue weighted by Gasteiger charge is -2.28. The van der Waals surface area contributed by atoms with E-state index in [9.17, 15) is 4.79 Å². The van der Waals surface area contributed by atoms with Gasteiger partial charge in [-0.15, -0.1) is 0 Å². The third kappa shape index (κ3) is 1.62. The molecule has 0 spiro atoms. The van der Waals surface area contributed by atoms with Crippen LogP contribution in [0.3, 0.4) is 0 Å². The molecule has 0 fully saturated rings. The Labute approximate surface area is 87.6 Å². The minimum Gasteiger partial charge on any atom is -0.367 e. The molecule has 82 valence electrons. The van der Waals surface area contributed by atoms with Gasteiger partial charge in [0.05, 0.1) is 6.54 Å². The highest BCUT2D eigenvalue weighted by atomic mass is 16.5. The number of hydrogen-bond acceptors (Lipinski definition) is 4. The summed E-state index contributed by atoms with van der Waals surface area (Å²) in [5, 5.41) is 3.84. The Balaban J connectivity index is 2.16. The summed E-state index contributed by atoms with van der Waals surface area (Å²) in [5.41, 5.74) is 7.31. The molecule has 0 saturated heterocycles. The molecule has 0 aromatic carbocycles. The summed E-state index contributed by atoms with van der Waals surface area (Å²) < 4.78 is 4.88. The monoisotopic (exact) mass is 210 g/mol. The van der Waals surface area contributed by atoms with E-state index in [0.29, 0.717) is 25.4 Å². The molecule has 2 rings (SSSR count). The van der Waals surface area contributed by atoms with Gasteiger partial charge in [0, 0.05) is 26.2 Å². The van der Waals surface area contributed by atoms with E-state index in [-0.39, 0.29) is 6.03 Å². The zero-order valence-corrected chi connectivity index (χ0v) is 8.86. The molecule has 2 N–H and O–H groups in total. The van der Waals surface area contributed by atoms with E-state index >= 15 is 0 Å². The van der Waals surface area contributed by atoms with Gasteiger partial charge in [-0.05, 0) is 6.42 Å². The van der Waals surface area contributed by atoms with Gasteiger partial charge in [-0.3, -0.25) is 0 Å². The first-order valence-corrected chi connectivity index (χ1v) is 4.78. The average Bonchev–Trinajstić information content (AvgIpc) is 2.59. The first-order valence-electron chi connectivity index (χ1n) is 4.78. The van der Waals surface area contributed by atoms with Crippen molar-refractivity contribution in [2.24, 2.45) is 0 Å². The van der Waals surface area contributed by atoms with Crippen LogP contribution in [0.4, 0.5) is 10.7 Å². The molecule has 1 aliphatic rings. The number of hydrogen-bond donors (Lipinski definition) is 1. The summed E-state index contributed by atoms with van der Waals surface area (Å²) in [6, 6.07) is -0.0118. The first-order chi connectivity index (χ1) is 7.09. The smallest absolute Gasteiger partial charge is 0.319 e. The van der Waals surface area contributed by atoms with E-state index in [1.54, 1.807) is 23.9 Å². The molecule has 0 unspecified atom stereocenters. The largest absolute Gasteiger partial charge is 0.367 e. The summed E-state index contributed by atoms with van der Waals surface area (Å²) in [6.45, 7) is 1.14. The van der Waals surface area contributed by atoms with Crippen LogP contribution in [0.25, 0.3) is 0 Å². The summed E-state index contributed by atoms with van der Waals surface area (Å²) in [6.07, 6.45) is 0.713. The second-order valence-electron chi connectivity index (χ2n) is 3.82. The van der Waals surface area contributed by atoms with Crippen LogP contribution in [-0.2, 0) is 13.0 Å². The quantitative estimate of drug-likeness (QED) is 0.668. The second-order valence-corrected chi connectivity index (χ2v) is 3.82. The van der Waals surface area contributed by atoms with Crippen LogP contribution in [-0.4, -0.2) is 41.6 Å². The van der Waals surface area contributed by atoms with Gasteiger partial charge < -0.3 is 20.1 Å². The number of nitrogens with zero attached hydrogens (tertiary/aromatic N) is 3. The number of carbonyl (C=O) groups is 1. The molecule has 0 aliphatic carbocycles. The van der Waals surface area contributed by atoms with Crippen molar-refractivity contribution in [3.05, 3.63) is 11.3 Å². The summed E-state index contributed by atoms with van der Waals surface area (Å²) in [7, 11) is 3.46. The average molecular weight is 210 g/mol. The van der Waals surface area contributed by atoms with E-state index in [0.717, 1.165) is 11.3 Å². The molecule has 15 heavy (non-hydrogen) atoms. The van der Waals surface area contributed by atoms with Crippen LogP contribution >= 0.6 is 0 Å². The van der Waals surface area contributed by atoms with Gasteiger partial charge in [0.1, 0.15) is 5.69 Å². The number of urea groups is 1. The molecule has 2 amide bonds. The Morgan fingerprint density at radius 2 is 2.33 bits per heavy atom. The van der Waals surface area contributed by atoms with Crippen molar-refractivity contribution in [2.45, 2.75) is 13.0 Å². The number of rotatable bonds is 0. The van der Waals surface area contributed by atoms with Crippen molar-refractivity contribution in [1.29, 1.82) is 0 Å². The number of anilines is 1. The van der Waals surface area contributed by atoms with Crippen molar-refractivity contribution in [3.63, 3.8) is 0 Å². The highest BCUT2D eigenvalue weighted by Gasteiger charge is 2.26. The van der Waals surface area contributed by atoms with Crippen LogP contribution in [0.1, 0.15) is 11.3 Å². The molecule has 6 heteroatoms. The molecule has 1 aliphatic heterocycles. The third-order valence-electron chi connectivity index (χ3n) is 2.53. The van der Waals surface area contributed by atoms with Gasteiger partial charge in [0.25, 0.3) is 0 Å². The molecule has 1 aromatic rings. The Kier molecular flexibility index (Phi) is 2.26. The van der Waals surface area contributed by atoms with E-state index in [2.05, 4.69) is 5.16 Å². The fourth-order valence-electron chi connectivity index (χ4n) is 1.70. The summed E-state index contributed by atoms with van der Waals surface area (Å²) in [4.78, 5) is 15.0. The number of amides is 2. The van der Waals surface area contributed by atoms with Crippen molar-refractivity contribution in [2.75, 3.05) is 26.4 Å². The predicted octanol–water partition coefficient (Wildman–Crippen LogP) is 0.296. The van der Waals surface area contributed by atoms with Crippen molar-refractivity contribution < 1.29 is 9.32 Å². The van der Waals surface area contributed by atoms with Crippen molar-refractivity contribution >= 4 is 11.9 Å². The van der Waals surface area contributed by atoms with Gasteiger partial charge in [-0.2, -0.15) is 0 Å². The van der Waals surface area contributed by atoms with Gasteiger partial charge in [0.2, 0.25) is 5.88 Å². The molecule has 0 radical (unpaired) electrons. The normalized spacial score (nSPS) is 14.9. The van der Waals surface area contributed by atoms with Crippen molar-refractivity contribution in [3.8, 4) is 0 Å². The number of fused-ring (bicyclic) bond motifs is 1. The Hall–Kier alpha value is -1.72. The topological polar surface area (TPSA) is 75.6 Å². The fraction of sp³-hybridized carbons (Fsp3) is 0.556. The van der Waals surface area contributed by atoms with Crippen LogP contribution in [0, 0.1) is 0 Å². The highest BCUT2D eigenvalue weighted by Crippen LogP contribution is 2.23. The maximum Gasteiger partial charge on any atom is 0.319 e. The Morgan fingerprint density at radius 1 is 1.60 bits per heavy atom. The summed E-state index contributed by atoms with van der Waals surface area (Å²) >= 11 is 0. The lowest BCUT2D eigenvalue weighted by Crippen LogP contribution is -2.42. The van der Waals surface area contributed by atoms with E-state index in [4.69, 9.17) is 10.3 Å². The molecule has 0 bridgehead atoms. The van der Waals surface area contributed by atoms with Crippen LogP contribution in [0.5, 0.6) is 0 Å². The molecule has 0 saturated carbocycles. The molecule has 6 nitrogen and oxygen atoms in total. The standard InChI is InChI=1S/C9H14N4O2/c1-12(2)9(14)13-4-3-6-7(5-13)11-15-8(6)10/h3-5,10H2,1-2H3. The molecular formula is C9H14N4O2. The SMILES string of the molecule is CN(C)C(=O)N1CCc2c(noc2N)C1. The maximum atomic E-state index is 11.7. The second kappa shape index (κ2) is 3.45. The van der Waals surface area contributed by atoms with Crippen LogP contribution in [0.2, 0.25) is 0 Å². The van der Waals surface area contributed by atoms with Crippen molar-refractivity contribution in [1.82, 2.24) is 15.0 Å². The molecule has 0 atom stereocenters.